The number of likely N-dealkylation sites (tertiary alicyclic amines) is 1. The van der Waals surface area contributed by atoms with Gasteiger partial charge < -0.3 is 15.0 Å². The molecule has 1 saturated heterocycles. The monoisotopic (exact) mass is 261 g/mol. The number of aliphatic hydroxyl groups excluding tert-OH is 1. The van der Waals surface area contributed by atoms with Crippen LogP contribution in [0.25, 0.3) is 0 Å². The fraction of sp³-hybridized carbons (Fsp3) is 0.400. The van der Waals surface area contributed by atoms with Gasteiger partial charge >= 0.3 is 0 Å². The normalized spacial score (nSPS) is 30.3. The summed E-state index contributed by atoms with van der Waals surface area (Å²) >= 11 is 0. The standard InChI is InChI=1S/C15H19NO3/c1-2-9-16(19)11-13(8-10-17)14(16)15(18)12-6-4-3-5-7-12/h2-7,9,13-14,17H,8,10-11H2,1H3/t13-,14-,16-/m1/s1. The number of rotatable bonds is 5. The van der Waals surface area contributed by atoms with Gasteiger partial charge in [-0.2, -0.15) is 0 Å². The summed E-state index contributed by atoms with van der Waals surface area (Å²) in [5.74, 6) is -0.162. The van der Waals surface area contributed by atoms with Crippen molar-refractivity contribution < 1.29 is 14.5 Å². The third-order valence-electron chi connectivity index (χ3n) is 3.67. The minimum Gasteiger partial charge on any atom is -0.627 e. The maximum Gasteiger partial charge on any atom is 0.221 e. The second-order valence-corrected chi connectivity index (χ2v) is 4.97. The van der Waals surface area contributed by atoms with E-state index in [4.69, 9.17) is 5.11 Å². The average molecular weight is 261 g/mol. The number of nitrogens with zero attached hydrogens (tertiary/aromatic N) is 1. The van der Waals surface area contributed by atoms with Crippen molar-refractivity contribution in [2.24, 2.45) is 5.92 Å². The van der Waals surface area contributed by atoms with E-state index in [0.717, 1.165) is 0 Å². The highest BCUT2D eigenvalue weighted by Gasteiger charge is 2.51. The van der Waals surface area contributed by atoms with Crippen LogP contribution in [0.4, 0.5) is 0 Å². The first-order chi connectivity index (χ1) is 9.12. The third-order valence-corrected chi connectivity index (χ3v) is 3.67. The van der Waals surface area contributed by atoms with Crippen molar-refractivity contribution in [3.8, 4) is 0 Å². The van der Waals surface area contributed by atoms with E-state index in [2.05, 4.69) is 0 Å². The Balaban J connectivity index is 2.24. The van der Waals surface area contributed by atoms with E-state index in [1.807, 2.05) is 6.07 Å². The fourth-order valence-electron chi connectivity index (χ4n) is 2.81. The van der Waals surface area contributed by atoms with Crippen molar-refractivity contribution in [2.45, 2.75) is 19.4 Å². The van der Waals surface area contributed by atoms with Gasteiger partial charge in [0.1, 0.15) is 0 Å². The van der Waals surface area contributed by atoms with E-state index in [1.54, 1.807) is 37.3 Å². The van der Waals surface area contributed by atoms with E-state index in [0.29, 0.717) is 18.5 Å². The Morgan fingerprint density at radius 1 is 1.47 bits per heavy atom. The summed E-state index contributed by atoms with van der Waals surface area (Å²) in [5, 5.41) is 21.6. The summed E-state index contributed by atoms with van der Waals surface area (Å²) in [5.41, 5.74) is 0.568. The van der Waals surface area contributed by atoms with Crippen LogP contribution in [-0.4, -0.2) is 34.7 Å². The van der Waals surface area contributed by atoms with Crippen LogP contribution in [0.15, 0.2) is 42.6 Å². The minimum absolute atomic E-state index is 0.0130. The first-order valence-corrected chi connectivity index (χ1v) is 6.55. The quantitative estimate of drug-likeness (QED) is 0.501. The highest BCUT2D eigenvalue weighted by atomic mass is 16.6. The molecule has 0 bridgehead atoms. The van der Waals surface area contributed by atoms with Crippen molar-refractivity contribution in [3.63, 3.8) is 0 Å². The zero-order chi connectivity index (χ0) is 13.9. The summed E-state index contributed by atoms with van der Waals surface area (Å²) in [6.07, 6.45) is 3.72. The van der Waals surface area contributed by atoms with Crippen LogP contribution >= 0.6 is 0 Å². The Labute approximate surface area is 113 Å². The zero-order valence-corrected chi connectivity index (χ0v) is 11.0. The fourth-order valence-corrected chi connectivity index (χ4v) is 2.81. The maximum atomic E-state index is 12.5. The van der Waals surface area contributed by atoms with Crippen molar-refractivity contribution in [1.82, 2.24) is 0 Å². The number of hydrogen-bond donors (Lipinski definition) is 1. The summed E-state index contributed by atoms with van der Waals surface area (Å²) < 4.78 is -0.602. The molecule has 0 amide bonds. The van der Waals surface area contributed by atoms with Crippen molar-refractivity contribution >= 4 is 5.78 Å². The molecule has 3 atom stereocenters. The summed E-state index contributed by atoms with van der Waals surface area (Å²) in [6, 6.07) is 8.27. The molecule has 19 heavy (non-hydrogen) atoms. The van der Waals surface area contributed by atoms with Gasteiger partial charge in [-0.15, -0.1) is 0 Å². The molecule has 0 unspecified atom stereocenters. The predicted molar refractivity (Wildman–Crippen MR) is 73.1 cm³/mol. The molecule has 4 nitrogen and oxygen atoms in total. The molecule has 0 saturated carbocycles. The van der Waals surface area contributed by atoms with Crippen LogP contribution in [0.5, 0.6) is 0 Å². The van der Waals surface area contributed by atoms with Gasteiger partial charge in [0.15, 0.2) is 6.04 Å². The second-order valence-electron chi connectivity index (χ2n) is 4.97. The average Bonchev–Trinajstić information content (AvgIpc) is 2.39. The lowest BCUT2D eigenvalue weighted by Crippen LogP contribution is -2.67. The number of allylic oxidation sites excluding steroid dienone is 1. The molecule has 1 aliphatic heterocycles. The Kier molecular flexibility index (Phi) is 4.14. The summed E-state index contributed by atoms with van der Waals surface area (Å²) in [4.78, 5) is 12.5. The Morgan fingerprint density at radius 2 is 2.16 bits per heavy atom. The number of carbonyl (C=O) groups is 1. The van der Waals surface area contributed by atoms with Crippen LogP contribution in [0.2, 0.25) is 0 Å². The highest BCUT2D eigenvalue weighted by molar-refractivity contribution is 6.00. The van der Waals surface area contributed by atoms with E-state index >= 15 is 0 Å². The lowest BCUT2D eigenvalue weighted by molar-refractivity contribution is -0.900. The van der Waals surface area contributed by atoms with Crippen LogP contribution < -0.4 is 0 Å². The Hall–Kier alpha value is -1.49. The van der Waals surface area contributed by atoms with E-state index in [9.17, 15) is 10.0 Å². The van der Waals surface area contributed by atoms with Gasteiger partial charge in [0.25, 0.3) is 0 Å². The number of benzene rings is 1. The number of ketones is 1. The first-order valence-electron chi connectivity index (χ1n) is 6.55. The van der Waals surface area contributed by atoms with Gasteiger partial charge in [-0.1, -0.05) is 30.3 Å². The molecule has 1 aromatic rings. The summed E-state index contributed by atoms with van der Waals surface area (Å²) in [6.45, 7) is 2.16. The zero-order valence-electron chi connectivity index (χ0n) is 11.0. The Morgan fingerprint density at radius 3 is 2.74 bits per heavy atom. The van der Waals surface area contributed by atoms with Crippen LogP contribution in [-0.2, 0) is 0 Å². The van der Waals surface area contributed by atoms with Gasteiger partial charge in [0, 0.05) is 12.2 Å². The van der Waals surface area contributed by atoms with Crippen LogP contribution in [0, 0.1) is 11.1 Å². The third kappa shape index (κ3) is 2.61. The number of quaternary nitrogens is 1. The molecule has 4 heteroatoms. The molecule has 2 rings (SSSR count). The highest BCUT2D eigenvalue weighted by Crippen LogP contribution is 2.37. The maximum absolute atomic E-state index is 12.5. The molecule has 0 aromatic heterocycles. The molecular formula is C15H19NO3. The van der Waals surface area contributed by atoms with Gasteiger partial charge in [0.2, 0.25) is 5.78 Å². The van der Waals surface area contributed by atoms with Crippen molar-refractivity contribution in [2.75, 3.05) is 13.2 Å². The second kappa shape index (κ2) is 5.65. The molecule has 1 heterocycles. The molecule has 102 valence electrons. The van der Waals surface area contributed by atoms with Gasteiger partial charge in [-0.05, 0) is 19.4 Å². The van der Waals surface area contributed by atoms with E-state index in [-0.39, 0.29) is 18.3 Å². The van der Waals surface area contributed by atoms with Gasteiger partial charge in [-0.3, -0.25) is 4.79 Å². The van der Waals surface area contributed by atoms with Crippen molar-refractivity contribution in [3.05, 3.63) is 53.4 Å². The van der Waals surface area contributed by atoms with Crippen LogP contribution in [0.1, 0.15) is 23.7 Å². The molecule has 1 aromatic carbocycles. The lowest BCUT2D eigenvalue weighted by atomic mass is 9.80. The molecular weight excluding hydrogens is 242 g/mol. The molecule has 1 aliphatic rings. The molecule has 0 aliphatic carbocycles. The predicted octanol–water partition coefficient (Wildman–Crippen LogP) is 2.10. The molecule has 1 N–H and O–H groups in total. The van der Waals surface area contributed by atoms with Crippen molar-refractivity contribution in [1.29, 1.82) is 0 Å². The molecule has 0 radical (unpaired) electrons. The smallest absolute Gasteiger partial charge is 0.221 e. The summed E-state index contributed by atoms with van der Waals surface area (Å²) in [7, 11) is 0. The number of carbonyl (C=O) groups excluding carboxylic acids is 1. The largest absolute Gasteiger partial charge is 0.627 e. The lowest BCUT2D eigenvalue weighted by Gasteiger charge is -2.57. The number of Topliss-reactive ketones (excluding diaryl/α,β-unsaturated/α-hetero) is 1. The number of aliphatic hydroxyl groups is 1. The molecule has 0 spiro atoms. The Bertz CT molecular complexity index is 472. The topological polar surface area (TPSA) is 60.4 Å². The SMILES string of the molecule is CC=C[N@@+]1([O-])C[C@@H](CCO)[C@@H]1C(=O)c1ccccc1. The number of hydroxylamine groups is 3. The number of hydrogen-bond acceptors (Lipinski definition) is 3. The van der Waals surface area contributed by atoms with Crippen LogP contribution in [0.3, 0.4) is 0 Å². The minimum atomic E-state index is -0.620. The first kappa shape index (κ1) is 13.9. The van der Waals surface area contributed by atoms with E-state index in [1.165, 1.54) is 6.20 Å². The van der Waals surface area contributed by atoms with Gasteiger partial charge in [0.05, 0.1) is 18.7 Å². The van der Waals surface area contributed by atoms with Gasteiger partial charge in [-0.25, -0.2) is 0 Å². The molecule has 1 fully saturated rings. The van der Waals surface area contributed by atoms with E-state index < -0.39 is 10.7 Å².